The highest BCUT2D eigenvalue weighted by Crippen LogP contribution is 2.34. The molecule has 7 nitrogen and oxygen atoms in total. The number of nitrogens with one attached hydrogen (secondary N) is 1. The molecule has 0 unspecified atom stereocenters. The van der Waals surface area contributed by atoms with Crippen molar-refractivity contribution in [2.75, 3.05) is 0 Å². The third-order valence-corrected chi connectivity index (χ3v) is 4.26. The molecule has 1 aromatic carbocycles. The van der Waals surface area contributed by atoms with Crippen molar-refractivity contribution in [1.29, 1.82) is 0 Å². The van der Waals surface area contributed by atoms with Crippen LogP contribution in [0.3, 0.4) is 0 Å². The number of carboxylic acids is 1. The number of amides is 1. The highest BCUT2D eigenvalue weighted by atomic mass is 79.9. The fraction of sp³-hybridized carbons (Fsp3) is 0.333. The molecule has 0 radical (unpaired) electrons. The van der Waals surface area contributed by atoms with Crippen molar-refractivity contribution in [2.24, 2.45) is 0 Å². The first-order chi connectivity index (χ1) is 9.77. The Balaban J connectivity index is 2.36. The molecule has 0 spiro atoms. The van der Waals surface area contributed by atoms with E-state index in [2.05, 4.69) is 21.2 Å². The van der Waals surface area contributed by atoms with Gasteiger partial charge in [-0.05, 0) is 41.3 Å². The van der Waals surface area contributed by atoms with E-state index in [0.29, 0.717) is 12.5 Å². The summed E-state index contributed by atoms with van der Waals surface area (Å²) in [6, 6.07) is 1.50. The van der Waals surface area contributed by atoms with Crippen LogP contribution in [0.4, 0.5) is 10.1 Å². The van der Waals surface area contributed by atoms with Gasteiger partial charge in [-0.1, -0.05) is 0 Å². The van der Waals surface area contributed by atoms with Crippen molar-refractivity contribution < 1.29 is 24.0 Å². The molecule has 2 rings (SSSR count). The Morgan fingerprint density at radius 3 is 2.48 bits per heavy atom. The van der Waals surface area contributed by atoms with Crippen LogP contribution in [0.5, 0.6) is 0 Å². The van der Waals surface area contributed by atoms with Crippen LogP contribution >= 0.6 is 15.9 Å². The van der Waals surface area contributed by atoms with Gasteiger partial charge in [-0.2, -0.15) is 0 Å². The summed E-state index contributed by atoms with van der Waals surface area (Å²) >= 11 is 2.88. The number of carbonyl (C=O) groups is 2. The Labute approximate surface area is 126 Å². The van der Waals surface area contributed by atoms with E-state index in [1.165, 1.54) is 0 Å². The van der Waals surface area contributed by atoms with Gasteiger partial charge in [0.15, 0.2) is 0 Å². The van der Waals surface area contributed by atoms with Gasteiger partial charge >= 0.3 is 5.97 Å². The Kier molecular flexibility index (Phi) is 3.95. The number of carboxylic acid groups (broad SMARTS) is 1. The quantitative estimate of drug-likeness (QED) is 0.631. The summed E-state index contributed by atoms with van der Waals surface area (Å²) in [6.07, 6.45) is 1.18. The summed E-state index contributed by atoms with van der Waals surface area (Å²) in [4.78, 5) is 33.3. The lowest BCUT2D eigenvalue weighted by atomic mass is 9.76. The smallest absolute Gasteiger partial charge is 0.329 e. The molecule has 1 aliphatic carbocycles. The Morgan fingerprint density at radius 1 is 1.43 bits per heavy atom. The van der Waals surface area contributed by atoms with Crippen molar-refractivity contribution in [3.63, 3.8) is 0 Å². The molecule has 0 aromatic heterocycles. The molecule has 1 fully saturated rings. The summed E-state index contributed by atoms with van der Waals surface area (Å²) in [5.74, 6) is -3.00. The lowest BCUT2D eigenvalue weighted by molar-refractivity contribution is -0.385. The number of aliphatic carboxylic acids is 1. The minimum absolute atomic E-state index is 0.189. The van der Waals surface area contributed by atoms with Gasteiger partial charge in [0.25, 0.3) is 11.6 Å². The van der Waals surface area contributed by atoms with E-state index < -0.39 is 33.8 Å². The lowest BCUT2D eigenvalue weighted by Gasteiger charge is -2.38. The van der Waals surface area contributed by atoms with Crippen molar-refractivity contribution >= 4 is 33.5 Å². The van der Waals surface area contributed by atoms with Crippen molar-refractivity contribution in [2.45, 2.75) is 24.8 Å². The maximum Gasteiger partial charge on any atom is 0.329 e. The van der Waals surface area contributed by atoms with E-state index >= 15 is 0 Å². The molecular formula is C12H10BrFN2O5. The minimum atomic E-state index is -1.38. The molecular weight excluding hydrogens is 351 g/mol. The Morgan fingerprint density at radius 2 is 2.05 bits per heavy atom. The Hall–Kier alpha value is -2.03. The minimum Gasteiger partial charge on any atom is -0.480 e. The van der Waals surface area contributed by atoms with E-state index in [4.69, 9.17) is 5.11 Å². The van der Waals surface area contributed by atoms with Crippen LogP contribution in [0.2, 0.25) is 0 Å². The zero-order chi connectivity index (χ0) is 15.8. The van der Waals surface area contributed by atoms with Crippen LogP contribution < -0.4 is 5.32 Å². The standard InChI is InChI=1S/C12H10BrFN2O5/c13-9-7(4-6(14)5-8(9)16(20)21)10(17)15-12(11(18)19)2-1-3-12/h4-5H,1-3H2,(H,15,17)(H,18,19). The van der Waals surface area contributed by atoms with Crippen molar-refractivity contribution in [1.82, 2.24) is 5.32 Å². The molecule has 1 aliphatic rings. The van der Waals surface area contributed by atoms with Crippen molar-refractivity contribution in [3.05, 3.63) is 38.1 Å². The van der Waals surface area contributed by atoms with Gasteiger partial charge in [-0.3, -0.25) is 14.9 Å². The SMILES string of the molecule is O=C(NC1(C(=O)O)CCC1)c1cc(F)cc([N+](=O)[O-])c1Br. The van der Waals surface area contributed by atoms with Gasteiger partial charge < -0.3 is 10.4 Å². The van der Waals surface area contributed by atoms with Crippen LogP contribution in [0.15, 0.2) is 16.6 Å². The average molecular weight is 361 g/mol. The highest BCUT2D eigenvalue weighted by Gasteiger charge is 2.46. The van der Waals surface area contributed by atoms with Crippen LogP contribution in [0.25, 0.3) is 0 Å². The number of nitrogens with zero attached hydrogens (tertiary/aromatic N) is 1. The third kappa shape index (κ3) is 2.73. The van der Waals surface area contributed by atoms with Crippen LogP contribution in [-0.2, 0) is 4.79 Å². The van der Waals surface area contributed by atoms with Crippen LogP contribution in [-0.4, -0.2) is 27.4 Å². The highest BCUT2D eigenvalue weighted by molar-refractivity contribution is 9.10. The fourth-order valence-corrected chi connectivity index (χ4v) is 2.63. The lowest BCUT2D eigenvalue weighted by Crippen LogP contribution is -2.59. The zero-order valence-corrected chi connectivity index (χ0v) is 12.1. The summed E-state index contributed by atoms with van der Waals surface area (Å²) in [6.45, 7) is 0. The summed E-state index contributed by atoms with van der Waals surface area (Å²) in [5.41, 5.74) is -2.29. The number of halogens is 2. The molecule has 1 saturated carbocycles. The summed E-state index contributed by atoms with van der Waals surface area (Å²) in [5, 5.41) is 22.3. The number of hydrogen-bond donors (Lipinski definition) is 2. The molecule has 0 heterocycles. The number of carbonyl (C=O) groups excluding carboxylic acids is 1. The summed E-state index contributed by atoms with van der Waals surface area (Å²) in [7, 11) is 0. The molecule has 0 saturated heterocycles. The first-order valence-electron chi connectivity index (χ1n) is 5.96. The second-order valence-corrected chi connectivity index (χ2v) is 5.53. The number of nitro groups is 1. The first kappa shape index (κ1) is 15.4. The molecule has 1 aromatic rings. The van der Waals surface area contributed by atoms with Crippen LogP contribution in [0, 0.1) is 15.9 Å². The van der Waals surface area contributed by atoms with E-state index in [-0.39, 0.29) is 22.9 Å². The molecule has 21 heavy (non-hydrogen) atoms. The zero-order valence-electron chi connectivity index (χ0n) is 10.6. The third-order valence-electron chi connectivity index (χ3n) is 3.43. The maximum atomic E-state index is 13.4. The fourth-order valence-electron chi connectivity index (χ4n) is 2.08. The maximum absolute atomic E-state index is 13.4. The van der Waals surface area contributed by atoms with Gasteiger partial charge in [0, 0.05) is 0 Å². The first-order valence-corrected chi connectivity index (χ1v) is 6.75. The molecule has 0 atom stereocenters. The topological polar surface area (TPSA) is 110 Å². The van der Waals surface area contributed by atoms with E-state index in [1.807, 2.05) is 0 Å². The second kappa shape index (κ2) is 5.40. The van der Waals surface area contributed by atoms with Gasteiger partial charge in [-0.15, -0.1) is 0 Å². The number of nitro benzene ring substituents is 1. The molecule has 0 aliphatic heterocycles. The number of rotatable bonds is 4. The normalized spacial score (nSPS) is 15.9. The largest absolute Gasteiger partial charge is 0.480 e. The van der Waals surface area contributed by atoms with Gasteiger partial charge in [0.2, 0.25) is 0 Å². The molecule has 2 N–H and O–H groups in total. The molecule has 0 bridgehead atoms. The predicted molar refractivity (Wildman–Crippen MR) is 72.4 cm³/mol. The Bertz CT molecular complexity index is 645. The van der Waals surface area contributed by atoms with Crippen molar-refractivity contribution in [3.8, 4) is 0 Å². The van der Waals surface area contributed by atoms with Crippen LogP contribution in [0.1, 0.15) is 29.6 Å². The number of hydrogen-bond acceptors (Lipinski definition) is 4. The summed E-state index contributed by atoms with van der Waals surface area (Å²) < 4.78 is 13.2. The van der Waals surface area contributed by atoms with Gasteiger partial charge in [-0.25, -0.2) is 9.18 Å². The monoisotopic (exact) mass is 360 g/mol. The number of benzene rings is 1. The molecule has 9 heteroatoms. The predicted octanol–water partition coefficient (Wildman–Crippen LogP) is 2.23. The van der Waals surface area contributed by atoms with E-state index in [9.17, 15) is 24.1 Å². The van der Waals surface area contributed by atoms with Gasteiger partial charge in [0.05, 0.1) is 16.6 Å². The molecule has 112 valence electrons. The average Bonchev–Trinajstić information content (AvgIpc) is 2.35. The van der Waals surface area contributed by atoms with E-state index in [1.54, 1.807) is 0 Å². The van der Waals surface area contributed by atoms with E-state index in [0.717, 1.165) is 6.07 Å². The molecule has 1 amide bonds. The van der Waals surface area contributed by atoms with Gasteiger partial charge in [0.1, 0.15) is 15.8 Å². The second-order valence-electron chi connectivity index (χ2n) is 4.74.